The number of benzene rings is 1. The van der Waals surface area contributed by atoms with Gasteiger partial charge < -0.3 is 20.5 Å². The fourth-order valence-corrected chi connectivity index (χ4v) is 3.84. The Balaban J connectivity index is 1.75. The number of nitrogens with zero attached hydrogens (tertiary/aromatic N) is 2. The summed E-state index contributed by atoms with van der Waals surface area (Å²) in [5, 5.41) is 6.70. The molecular weight excluding hydrogens is 458 g/mol. The molecule has 0 aliphatic heterocycles. The summed E-state index contributed by atoms with van der Waals surface area (Å²) in [7, 11) is 0. The van der Waals surface area contributed by atoms with Crippen LogP contribution in [-0.4, -0.2) is 34.2 Å². The molecule has 0 saturated heterocycles. The summed E-state index contributed by atoms with van der Waals surface area (Å²) < 4.78 is 38.3. The predicted molar refractivity (Wildman–Crippen MR) is 115 cm³/mol. The number of esters is 1. The average molecular weight is 478 g/mol. The molecule has 3 rings (SSSR count). The minimum Gasteiger partial charge on any atom is -0.468 e. The van der Waals surface area contributed by atoms with E-state index in [2.05, 4.69) is 10.4 Å². The Labute approximate surface area is 191 Å². The number of anilines is 1. The number of aromatic nitrogens is 2. The number of ether oxygens (including phenoxy) is 2. The fourth-order valence-electron chi connectivity index (χ4n) is 2.80. The van der Waals surface area contributed by atoms with Gasteiger partial charge in [-0.1, -0.05) is 6.92 Å². The molecule has 0 aliphatic carbocycles. The van der Waals surface area contributed by atoms with Crippen LogP contribution in [0.15, 0.2) is 30.5 Å². The van der Waals surface area contributed by atoms with Crippen molar-refractivity contribution >= 4 is 34.1 Å². The van der Waals surface area contributed by atoms with Gasteiger partial charge in [0.15, 0.2) is 24.0 Å². The van der Waals surface area contributed by atoms with Gasteiger partial charge in [0.25, 0.3) is 11.8 Å². The summed E-state index contributed by atoms with van der Waals surface area (Å²) in [6.45, 7) is 3.30. The highest BCUT2D eigenvalue weighted by molar-refractivity contribution is 7.18. The molecule has 174 valence electrons. The first kappa shape index (κ1) is 23.9. The number of amides is 2. The number of carbonyl (C=O) groups is 3. The summed E-state index contributed by atoms with van der Waals surface area (Å²) in [5.74, 6) is -3.88. The molecule has 2 heterocycles. The Morgan fingerprint density at radius 3 is 2.67 bits per heavy atom. The van der Waals surface area contributed by atoms with Gasteiger partial charge in [0.2, 0.25) is 0 Å². The van der Waals surface area contributed by atoms with Crippen molar-refractivity contribution in [2.45, 2.75) is 27.0 Å². The van der Waals surface area contributed by atoms with Crippen molar-refractivity contribution in [1.29, 1.82) is 0 Å². The number of rotatable bonds is 9. The van der Waals surface area contributed by atoms with E-state index in [0.717, 1.165) is 23.5 Å². The second-order valence-electron chi connectivity index (χ2n) is 6.80. The van der Waals surface area contributed by atoms with Crippen LogP contribution < -0.4 is 15.8 Å². The SMILES string of the molecule is CCCOC(=O)c1c(NC(=O)c2ccn(COc3ccc(F)cc3F)n2)sc(C(N)=O)c1C. The molecule has 9 nitrogen and oxygen atoms in total. The molecule has 3 N–H and O–H groups in total. The van der Waals surface area contributed by atoms with E-state index in [1.165, 1.54) is 23.9 Å². The lowest BCUT2D eigenvalue weighted by Gasteiger charge is -2.08. The standard InChI is InChI=1S/C21H20F2N4O5S/c1-3-8-31-21(30)16-11(2)17(18(24)28)33-20(16)25-19(29)14-6-7-27(26-14)10-32-15-5-4-12(22)9-13(15)23/h4-7,9H,3,8,10H2,1-2H3,(H2,24,28)(H,25,29). The second kappa shape index (κ2) is 10.2. The molecule has 1 aromatic carbocycles. The van der Waals surface area contributed by atoms with Crippen LogP contribution in [0, 0.1) is 18.6 Å². The van der Waals surface area contributed by atoms with Gasteiger partial charge in [0.05, 0.1) is 17.0 Å². The molecule has 2 amide bonds. The number of halogens is 2. The van der Waals surface area contributed by atoms with E-state index in [9.17, 15) is 23.2 Å². The molecule has 2 aromatic heterocycles. The molecule has 33 heavy (non-hydrogen) atoms. The van der Waals surface area contributed by atoms with Crippen molar-refractivity contribution in [3.8, 4) is 5.75 Å². The summed E-state index contributed by atoms with van der Waals surface area (Å²) in [6.07, 6.45) is 2.02. The first-order valence-electron chi connectivity index (χ1n) is 9.74. The number of hydrogen-bond donors (Lipinski definition) is 2. The summed E-state index contributed by atoms with van der Waals surface area (Å²) in [4.78, 5) is 37.0. The van der Waals surface area contributed by atoms with Gasteiger partial charge in [-0.2, -0.15) is 5.10 Å². The third-order valence-corrected chi connectivity index (χ3v) is 5.58. The van der Waals surface area contributed by atoms with E-state index in [0.29, 0.717) is 18.1 Å². The van der Waals surface area contributed by atoms with E-state index >= 15 is 0 Å². The second-order valence-corrected chi connectivity index (χ2v) is 7.82. The minimum atomic E-state index is -0.874. The molecule has 0 saturated carbocycles. The number of hydrogen-bond acceptors (Lipinski definition) is 7. The van der Waals surface area contributed by atoms with Gasteiger partial charge in [-0.3, -0.25) is 9.59 Å². The molecule has 0 radical (unpaired) electrons. The Kier molecular flexibility index (Phi) is 7.38. The lowest BCUT2D eigenvalue weighted by atomic mass is 10.1. The number of carbonyl (C=O) groups excluding carboxylic acids is 3. The van der Waals surface area contributed by atoms with Crippen LogP contribution in [0.2, 0.25) is 0 Å². The van der Waals surface area contributed by atoms with Crippen molar-refractivity contribution in [3.63, 3.8) is 0 Å². The Bertz CT molecular complexity index is 1210. The molecule has 0 spiro atoms. The zero-order valence-electron chi connectivity index (χ0n) is 17.7. The lowest BCUT2D eigenvalue weighted by molar-refractivity contribution is 0.0506. The van der Waals surface area contributed by atoms with Crippen molar-refractivity contribution < 1.29 is 32.6 Å². The smallest absolute Gasteiger partial charge is 0.341 e. The number of primary amides is 1. The maximum absolute atomic E-state index is 13.7. The maximum atomic E-state index is 13.7. The largest absolute Gasteiger partial charge is 0.468 e. The van der Waals surface area contributed by atoms with Crippen LogP contribution in [0.1, 0.15) is 49.4 Å². The van der Waals surface area contributed by atoms with Gasteiger partial charge >= 0.3 is 5.97 Å². The van der Waals surface area contributed by atoms with Gasteiger partial charge in [-0.05, 0) is 37.1 Å². The van der Waals surface area contributed by atoms with Crippen molar-refractivity contribution in [3.05, 3.63) is 63.8 Å². The summed E-state index contributed by atoms with van der Waals surface area (Å²) >= 11 is 0.857. The highest BCUT2D eigenvalue weighted by atomic mass is 32.1. The predicted octanol–water partition coefficient (Wildman–Crippen LogP) is 3.49. The van der Waals surface area contributed by atoms with Crippen LogP contribution >= 0.6 is 11.3 Å². The van der Waals surface area contributed by atoms with Crippen LogP contribution in [0.25, 0.3) is 0 Å². The van der Waals surface area contributed by atoms with Crippen LogP contribution in [-0.2, 0) is 11.5 Å². The van der Waals surface area contributed by atoms with E-state index in [-0.39, 0.29) is 40.2 Å². The molecule has 3 aromatic rings. The third kappa shape index (κ3) is 5.52. The Morgan fingerprint density at radius 1 is 1.24 bits per heavy atom. The molecule has 12 heteroatoms. The molecule has 0 unspecified atom stereocenters. The van der Waals surface area contributed by atoms with Gasteiger partial charge in [0, 0.05) is 12.3 Å². The fraction of sp³-hybridized carbons (Fsp3) is 0.238. The quantitative estimate of drug-likeness (QED) is 0.454. The molecular formula is C21H20F2N4O5S. The zero-order valence-corrected chi connectivity index (χ0v) is 18.5. The third-order valence-electron chi connectivity index (χ3n) is 4.36. The number of nitrogens with one attached hydrogen (secondary N) is 1. The first-order valence-corrected chi connectivity index (χ1v) is 10.6. The van der Waals surface area contributed by atoms with E-state index in [1.807, 2.05) is 6.92 Å². The van der Waals surface area contributed by atoms with Crippen molar-refractivity contribution in [1.82, 2.24) is 9.78 Å². The highest BCUT2D eigenvalue weighted by Gasteiger charge is 2.26. The number of nitrogens with two attached hydrogens (primary N) is 1. The molecule has 0 aliphatic rings. The Hall–Kier alpha value is -3.80. The van der Waals surface area contributed by atoms with Gasteiger partial charge in [-0.15, -0.1) is 11.3 Å². The summed E-state index contributed by atoms with van der Waals surface area (Å²) in [5.41, 5.74) is 5.70. The lowest BCUT2D eigenvalue weighted by Crippen LogP contribution is -2.16. The van der Waals surface area contributed by atoms with Gasteiger partial charge in [0.1, 0.15) is 10.8 Å². The molecule has 0 bridgehead atoms. The minimum absolute atomic E-state index is 0.0299. The number of thiophene rings is 1. The normalized spacial score (nSPS) is 10.7. The summed E-state index contributed by atoms with van der Waals surface area (Å²) in [6, 6.07) is 4.25. The Morgan fingerprint density at radius 2 is 2.00 bits per heavy atom. The van der Waals surface area contributed by atoms with Gasteiger partial charge in [-0.25, -0.2) is 18.3 Å². The van der Waals surface area contributed by atoms with E-state index < -0.39 is 29.4 Å². The van der Waals surface area contributed by atoms with Crippen LogP contribution in [0.4, 0.5) is 13.8 Å². The van der Waals surface area contributed by atoms with Crippen LogP contribution in [0.5, 0.6) is 5.75 Å². The topological polar surface area (TPSA) is 126 Å². The van der Waals surface area contributed by atoms with Crippen molar-refractivity contribution in [2.75, 3.05) is 11.9 Å². The zero-order chi connectivity index (χ0) is 24.1. The monoisotopic (exact) mass is 478 g/mol. The van der Waals surface area contributed by atoms with E-state index in [1.54, 1.807) is 0 Å². The molecule has 0 atom stereocenters. The molecule has 0 fully saturated rings. The van der Waals surface area contributed by atoms with Crippen molar-refractivity contribution in [2.24, 2.45) is 5.73 Å². The first-order chi connectivity index (χ1) is 15.7. The van der Waals surface area contributed by atoms with Crippen LogP contribution in [0.3, 0.4) is 0 Å². The van der Waals surface area contributed by atoms with E-state index in [4.69, 9.17) is 15.2 Å². The maximum Gasteiger partial charge on any atom is 0.341 e. The average Bonchev–Trinajstić information content (AvgIpc) is 3.36. The highest BCUT2D eigenvalue weighted by Crippen LogP contribution is 2.33.